The zero-order valence-electron chi connectivity index (χ0n) is 14.5. The summed E-state index contributed by atoms with van der Waals surface area (Å²) in [6, 6.07) is 5.99. The molecule has 1 amide bonds. The lowest BCUT2D eigenvalue weighted by atomic mass is 10.1. The first-order valence-corrected chi connectivity index (χ1v) is 9.86. The van der Waals surface area contributed by atoms with Crippen LogP contribution in [0.5, 0.6) is 0 Å². The van der Waals surface area contributed by atoms with Gasteiger partial charge < -0.3 is 14.6 Å². The van der Waals surface area contributed by atoms with E-state index in [2.05, 4.69) is 15.0 Å². The largest absolute Gasteiger partial charge is 0.381 e. The van der Waals surface area contributed by atoms with E-state index in [1.165, 1.54) is 12.1 Å². The summed E-state index contributed by atoms with van der Waals surface area (Å²) in [4.78, 5) is 16.5. The molecule has 0 bridgehead atoms. The van der Waals surface area contributed by atoms with Crippen LogP contribution in [-0.2, 0) is 28.4 Å². The summed E-state index contributed by atoms with van der Waals surface area (Å²) in [5.74, 6) is 0.547. The number of nitrogens with zero attached hydrogens (tertiary/aromatic N) is 2. The Bertz CT molecular complexity index is 872. The Morgan fingerprint density at radius 1 is 1.42 bits per heavy atom. The van der Waals surface area contributed by atoms with Crippen molar-refractivity contribution in [2.45, 2.75) is 17.9 Å². The molecular formula is C17H22N4O4S. The van der Waals surface area contributed by atoms with E-state index in [1.54, 1.807) is 29.1 Å². The van der Waals surface area contributed by atoms with Gasteiger partial charge in [-0.25, -0.2) is 18.1 Å². The molecule has 0 radical (unpaired) electrons. The highest BCUT2D eigenvalue weighted by atomic mass is 32.2. The quantitative estimate of drug-likeness (QED) is 0.737. The summed E-state index contributed by atoms with van der Waals surface area (Å²) in [7, 11) is -1.83. The van der Waals surface area contributed by atoms with Gasteiger partial charge in [-0.05, 0) is 30.5 Å². The van der Waals surface area contributed by atoms with Crippen LogP contribution in [0.15, 0.2) is 41.6 Å². The molecule has 1 fully saturated rings. The number of benzene rings is 1. The molecule has 26 heavy (non-hydrogen) atoms. The highest BCUT2D eigenvalue weighted by Gasteiger charge is 2.21. The number of imidazole rings is 1. The first-order valence-electron chi connectivity index (χ1n) is 8.37. The zero-order chi connectivity index (χ0) is 18.6. The Balaban J connectivity index is 1.64. The maximum Gasteiger partial charge on any atom is 0.251 e. The second-order valence-corrected chi connectivity index (χ2v) is 8.01. The molecule has 1 aromatic heterocycles. The van der Waals surface area contributed by atoms with E-state index in [0.29, 0.717) is 25.6 Å². The molecule has 1 aliphatic rings. The van der Waals surface area contributed by atoms with Crippen LogP contribution in [0.1, 0.15) is 22.6 Å². The molecule has 0 saturated carbocycles. The summed E-state index contributed by atoms with van der Waals surface area (Å²) in [6.45, 7) is 1.83. The van der Waals surface area contributed by atoms with Gasteiger partial charge in [0.2, 0.25) is 10.0 Å². The minimum absolute atomic E-state index is 0.0704. The maximum absolute atomic E-state index is 12.5. The van der Waals surface area contributed by atoms with E-state index in [1.807, 2.05) is 7.05 Å². The molecule has 2 aromatic rings. The van der Waals surface area contributed by atoms with Gasteiger partial charge in [0.05, 0.1) is 18.0 Å². The number of carbonyl (C=O) groups excluding carboxylic acids is 1. The number of hydrogen-bond donors (Lipinski definition) is 2. The fourth-order valence-electron chi connectivity index (χ4n) is 2.69. The third kappa shape index (κ3) is 4.48. The van der Waals surface area contributed by atoms with Gasteiger partial charge >= 0.3 is 0 Å². The Kier molecular flexibility index (Phi) is 5.70. The number of sulfonamides is 1. The predicted octanol–water partition coefficient (Wildman–Crippen LogP) is 0.665. The average Bonchev–Trinajstić information content (AvgIpc) is 3.30. The molecule has 3 rings (SSSR count). The average molecular weight is 378 g/mol. The zero-order valence-corrected chi connectivity index (χ0v) is 15.3. The molecule has 0 spiro atoms. The summed E-state index contributed by atoms with van der Waals surface area (Å²) < 4.78 is 34.6. The van der Waals surface area contributed by atoms with Crippen molar-refractivity contribution in [3.05, 3.63) is 48.0 Å². The normalized spacial score (nSPS) is 17.3. The van der Waals surface area contributed by atoms with E-state index >= 15 is 0 Å². The first kappa shape index (κ1) is 18.6. The number of ether oxygens (including phenoxy) is 1. The Morgan fingerprint density at radius 3 is 2.96 bits per heavy atom. The van der Waals surface area contributed by atoms with Crippen molar-refractivity contribution in [3.63, 3.8) is 0 Å². The van der Waals surface area contributed by atoms with E-state index in [9.17, 15) is 13.2 Å². The molecule has 140 valence electrons. The van der Waals surface area contributed by atoms with Crippen LogP contribution in [0.4, 0.5) is 0 Å². The molecule has 0 unspecified atom stereocenters. The molecular weight excluding hydrogens is 356 g/mol. The van der Waals surface area contributed by atoms with Gasteiger partial charge in [0.25, 0.3) is 5.91 Å². The lowest BCUT2D eigenvalue weighted by Gasteiger charge is -2.11. The Labute approximate surface area is 152 Å². The summed E-state index contributed by atoms with van der Waals surface area (Å²) in [5, 5.41) is 2.74. The van der Waals surface area contributed by atoms with Crippen LogP contribution in [-0.4, -0.2) is 43.6 Å². The molecule has 9 heteroatoms. The highest BCUT2D eigenvalue weighted by Crippen LogP contribution is 2.15. The number of amides is 1. The molecule has 1 aliphatic heterocycles. The standard InChI is InChI=1S/C17H22N4O4S/c1-21-7-6-18-16(21)11-19-17(22)14-3-2-4-15(9-14)26(23,24)20-10-13-5-8-25-12-13/h2-4,6-7,9,13,20H,5,8,10-12H2,1H3,(H,19,22)/t13-/m1/s1. The number of aromatic nitrogens is 2. The van der Waals surface area contributed by atoms with Gasteiger partial charge in [0, 0.05) is 38.2 Å². The third-order valence-electron chi connectivity index (χ3n) is 4.32. The lowest BCUT2D eigenvalue weighted by molar-refractivity contribution is 0.0949. The maximum atomic E-state index is 12.5. The van der Waals surface area contributed by atoms with Gasteiger partial charge in [0.1, 0.15) is 5.82 Å². The Morgan fingerprint density at radius 2 is 2.27 bits per heavy atom. The lowest BCUT2D eigenvalue weighted by Crippen LogP contribution is -2.30. The molecule has 8 nitrogen and oxygen atoms in total. The number of nitrogens with one attached hydrogen (secondary N) is 2. The minimum atomic E-state index is -3.67. The number of aryl methyl sites for hydroxylation is 1. The van der Waals surface area contributed by atoms with Crippen molar-refractivity contribution in [1.29, 1.82) is 0 Å². The molecule has 1 aromatic carbocycles. The summed E-state index contributed by atoms with van der Waals surface area (Å²) in [5.41, 5.74) is 0.284. The van der Waals surface area contributed by atoms with Crippen LogP contribution < -0.4 is 10.0 Å². The van der Waals surface area contributed by atoms with Crippen molar-refractivity contribution in [3.8, 4) is 0 Å². The van der Waals surface area contributed by atoms with Gasteiger partial charge in [-0.1, -0.05) is 6.07 Å². The SMILES string of the molecule is Cn1ccnc1CNC(=O)c1cccc(S(=O)(=O)NC[C@H]2CCOC2)c1. The van der Waals surface area contributed by atoms with Gasteiger partial charge in [0.15, 0.2) is 0 Å². The van der Waals surface area contributed by atoms with Gasteiger partial charge in [-0.2, -0.15) is 0 Å². The second kappa shape index (κ2) is 7.98. The van der Waals surface area contributed by atoms with E-state index < -0.39 is 10.0 Å². The third-order valence-corrected chi connectivity index (χ3v) is 5.74. The second-order valence-electron chi connectivity index (χ2n) is 6.25. The summed E-state index contributed by atoms with van der Waals surface area (Å²) in [6.07, 6.45) is 4.28. The topological polar surface area (TPSA) is 102 Å². The number of hydrogen-bond acceptors (Lipinski definition) is 5. The van der Waals surface area contributed by atoms with Crippen LogP contribution in [0.2, 0.25) is 0 Å². The van der Waals surface area contributed by atoms with Gasteiger partial charge in [-0.3, -0.25) is 4.79 Å². The minimum Gasteiger partial charge on any atom is -0.381 e. The van der Waals surface area contributed by atoms with Crippen LogP contribution in [0.3, 0.4) is 0 Å². The molecule has 1 atom stereocenters. The van der Waals surface area contributed by atoms with Crippen molar-refractivity contribution in [2.75, 3.05) is 19.8 Å². The van der Waals surface area contributed by atoms with Crippen molar-refractivity contribution < 1.29 is 17.9 Å². The Hall–Kier alpha value is -2.23. The fraction of sp³-hybridized carbons (Fsp3) is 0.412. The van der Waals surface area contributed by atoms with E-state index in [0.717, 1.165) is 6.42 Å². The van der Waals surface area contributed by atoms with Crippen molar-refractivity contribution in [1.82, 2.24) is 19.6 Å². The van der Waals surface area contributed by atoms with Crippen molar-refractivity contribution in [2.24, 2.45) is 13.0 Å². The number of carbonyl (C=O) groups is 1. The number of rotatable bonds is 7. The molecule has 0 aliphatic carbocycles. The van der Waals surface area contributed by atoms with E-state index in [-0.39, 0.29) is 28.8 Å². The first-order chi connectivity index (χ1) is 12.5. The molecule has 1 saturated heterocycles. The van der Waals surface area contributed by atoms with Crippen LogP contribution >= 0.6 is 0 Å². The monoisotopic (exact) mass is 378 g/mol. The molecule has 2 N–H and O–H groups in total. The van der Waals surface area contributed by atoms with E-state index in [4.69, 9.17) is 4.74 Å². The highest BCUT2D eigenvalue weighted by molar-refractivity contribution is 7.89. The predicted molar refractivity (Wildman–Crippen MR) is 94.9 cm³/mol. The van der Waals surface area contributed by atoms with Crippen LogP contribution in [0, 0.1) is 5.92 Å². The van der Waals surface area contributed by atoms with Crippen LogP contribution in [0.25, 0.3) is 0 Å². The summed E-state index contributed by atoms with van der Waals surface area (Å²) >= 11 is 0. The van der Waals surface area contributed by atoms with Crippen molar-refractivity contribution >= 4 is 15.9 Å². The molecule has 2 heterocycles. The fourth-order valence-corrected chi connectivity index (χ4v) is 3.85. The van der Waals surface area contributed by atoms with Gasteiger partial charge in [-0.15, -0.1) is 0 Å². The smallest absolute Gasteiger partial charge is 0.251 e.